The maximum absolute atomic E-state index is 8.49. The van der Waals surface area contributed by atoms with E-state index in [0.717, 1.165) is 0 Å². The smallest absolute Gasteiger partial charge is 0.208 e. The van der Waals surface area contributed by atoms with Crippen molar-refractivity contribution in [2.75, 3.05) is 42.3 Å². The van der Waals surface area contributed by atoms with Crippen molar-refractivity contribution in [2.45, 2.75) is 20.8 Å². The average molecular weight is 681 g/mol. The standard InChI is InChI=1S/3C5H9NO.3HI/c3*1-5(7)4-6(2)3;;;/h3*1-3H3;3*1H. The van der Waals surface area contributed by atoms with Crippen LogP contribution in [0, 0.1) is 0 Å². The van der Waals surface area contributed by atoms with Crippen molar-refractivity contribution >= 4 is 17.6 Å². The first-order valence-electron chi connectivity index (χ1n) is 6.27. The van der Waals surface area contributed by atoms with E-state index in [4.69, 9.17) is 15.3 Å². The zero-order valence-corrected chi connectivity index (χ0v) is 22.3. The van der Waals surface area contributed by atoms with Crippen LogP contribution in [0.3, 0.4) is 0 Å². The summed E-state index contributed by atoms with van der Waals surface area (Å²) in [4.78, 5) is 0. The molecule has 0 spiro atoms. The third kappa shape index (κ3) is 67.5. The predicted octanol–water partition coefficient (Wildman–Crippen LogP) is -7.82. The van der Waals surface area contributed by atoms with Crippen molar-refractivity contribution in [3.05, 3.63) is 17.3 Å². The molecule has 0 saturated carbocycles. The number of nitrogens with zero attached hydrogens (tertiary/aromatic N) is 3. The Morgan fingerprint density at radius 3 is 0.625 bits per heavy atom. The van der Waals surface area contributed by atoms with Crippen LogP contribution in [0.4, 0.5) is 0 Å². The lowest BCUT2D eigenvalue weighted by Gasteiger charge is -1.74. The lowest BCUT2D eigenvalue weighted by Crippen LogP contribution is -3.00. The lowest BCUT2D eigenvalue weighted by atomic mass is 10.6. The zero-order valence-electron chi connectivity index (χ0n) is 15.8. The van der Waals surface area contributed by atoms with Gasteiger partial charge in [0.25, 0.3) is 0 Å². The molecule has 0 aliphatic carbocycles. The van der Waals surface area contributed by atoms with Gasteiger partial charge in [-0.3, -0.25) is 0 Å². The summed E-state index contributed by atoms with van der Waals surface area (Å²) in [5.74, 6) is 8.47. The summed E-state index contributed by atoms with van der Waals surface area (Å²) >= 11 is 0. The summed E-state index contributed by atoms with van der Waals surface area (Å²) in [5.41, 5.74) is 0. The molecular weight excluding hydrogens is 651 g/mol. The second-order valence-corrected chi connectivity index (χ2v) is 4.77. The number of hydrogen-bond donors (Lipinski definition) is 3. The van der Waals surface area contributed by atoms with E-state index in [1.54, 1.807) is 76.8 Å². The van der Waals surface area contributed by atoms with E-state index in [-0.39, 0.29) is 89.2 Å². The normalized spacial score (nSPS) is 6.38. The van der Waals surface area contributed by atoms with E-state index in [2.05, 4.69) is 17.6 Å². The molecule has 144 valence electrons. The third-order valence-corrected chi connectivity index (χ3v) is 1.16. The fraction of sp³-hybridized carbons (Fsp3) is 0.600. The molecule has 0 rings (SSSR count). The number of halogens is 3. The monoisotopic (exact) mass is 681 g/mol. The highest BCUT2D eigenvalue weighted by atomic mass is 127. The van der Waals surface area contributed by atoms with Crippen molar-refractivity contribution in [2.24, 2.45) is 0 Å². The van der Waals surface area contributed by atoms with Gasteiger partial charge in [-0.25, -0.2) is 0 Å². The Balaban J connectivity index is -0.0000000476. The van der Waals surface area contributed by atoms with E-state index < -0.39 is 0 Å². The Morgan fingerprint density at radius 1 is 0.500 bits per heavy atom. The molecule has 6 nitrogen and oxygen atoms in total. The molecule has 3 N–H and O–H groups in total. The van der Waals surface area contributed by atoms with Gasteiger partial charge in [-0.05, 0) is 0 Å². The third-order valence-electron chi connectivity index (χ3n) is 1.16. The number of allylic oxidation sites excluding steroid dienone is 3. The molecule has 0 unspecified atom stereocenters. The van der Waals surface area contributed by atoms with Crippen LogP contribution in [0.5, 0.6) is 0 Å². The van der Waals surface area contributed by atoms with E-state index in [0.29, 0.717) is 0 Å². The van der Waals surface area contributed by atoms with Crippen LogP contribution in [0.15, 0.2) is 17.3 Å². The van der Waals surface area contributed by atoms with Gasteiger partial charge in [-0.15, -0.1) is 0 Å². The minimum atomic E-state index is 0. The second kappa shape index (κ2) is 25.2. The predicted molar refractivity (Wildman–Crippen MR) is 86.8 cm³/mol. The Labute approximate surface area is 197 Å². The van der Waals surface area contributed by atoms with E-state index in [1.807, 2.05) is 0 Å². The van der Waals surface area contributed by atoms with E-state index >= 15 is 0 Å². The van der Waals surface area contributed by atoms with Gasteiger partial charge in [0.1, 0.15) is 42.3 Å². The Kier molecular flexibility index (Phi) is 41.1. The van der Waals surface area contributed by atoms with Gasteiger partial charge < -0.3 is 87.2 Å². The van der Waals surface area contributed by atoms with Crippen molar-refractivity contribution in [1.29, 1.82) is 0 Å². The summed E-state index contributed by atoms with van der Waals surface area (Å²) in [5, 5.41) is 25.5. The molecule has 0 amide bonds. The van der Waals surface area contributed by atoms with Gasteiger partial charge in [0.2, 0.25) is 17.6 Å². The first kappa shape index (κ1) is 39.1. The van der Waals surface area contributed by atoms with Gasteiger partial charge in [-0.2, -0.15) is 13.7 Å². The second-order valence-electron chi connectivity index (χ2n) is 4.77. The van der Waals surface area contributed by atoms with Crippen molar-refractivity contribution in [1.82, 2.24) is 0 Å². The van der Waals surface area contributed by atoms with Crippen LogP contribution in [-0.2, 0) is 0 Å². The summed E-state index contributed by atoms with van der Waals surface area (Å²) in [6, 6.07) is 0. The van der Waals surface area contributed by atoms with Crippen LogP contribution in [0.25, 0.3) is 0 Å². The van der Waals surface area contributed by atoms with Crippen molar-refractivity contribution in [3.8, 4) is 0 Å². The van der Waals surface area contributed by atoms with Gasteiger partial charge in [0.15, 0.2) is 17.3 Å². The molecule has 9 heteroatoms. The Hall–Kier alpha value is -0.0600. The number of hydrogen-bond acceptors (Lipinski definition) is 3. The summed E-state index contributed by atoms with van der Waals surface area (Å²) in [6.45, 7) is 4.75. The maximum Gasteiger partial charge on any atom is 0.208 e. The number of aliphatic hydroxyl groups is 3. The minimum Gasteiger partial charge on any atom is -1.00 e. The van der Waals surface area contributed by atoms with Crippen molar-refractivity contribution in [3.63, 3.8) is 0 Å². The molecule has 0 heterocycles. The number of aliphatic hydroxyl groups excluding tert-OH is 3. The first-order valence-corrected chi connectivity index (χ1v) is 6.27. The molecule has 24 heavy (non-hydrogen) atoms. The van der Waals surface area contributed by atoms with Crippen LogP contribution in [-0.4, -0.2) is 88.9 Å². The Morgan fingerprint density at radius 2 is 0.625 bits per heavy atom. The molecule has 0 atom stereocenters. The summed E-state index contributed by atoms with van der Waals surface area (Å²) in [7, 11) is 10.8. The molecule has 0 aromatic carbocycles. The molecule has 0 aliphatic rings. The highest BCUT2D eigenvalue weighted by molar-refractivity contribution is 5.48. The quantitative estimate of drug-likeness (QED) is 0.103. The molecule has 0 aliphatic heterocycles. The highest BCUT2D eigenvalue weighted by Gasteiger charge is 1.79. The zero-order chi connectivity index (χ0) is 17.6. The summed E-state index contributed by atoms with van der Waals surface area (Å²) < 4.78 is 4.99. The van der Waals surface area contributed by atoms with E-state index in [9.17, 15) is 0 Å². The van der Waals surface area contributed by atoms with Crippen LogP contribution in [0.1, 0.15) is 20.8 Å². The van der Waals surface area contributed by atoms with Gasteiger partial charge in [0.05, 0.1) is 0 Å². The van der Waals surface area contributed by atoms with Crippen LogP contribution in [0.2, 0.25) is 0 Å². The molecule has 0 aromatic heterocycles. The average Bonchev–Trinajstić information content (AvgIpc) is 2.10. The lowest BCUT2D eigenvalue weighted by molar-refractivity contribution is -0.457. The maximum atomic E-state index is 8.49. The molecule has 0 bridgehead atoms. The Bertz CT molecular complexity index is 389. The summed E-state index contributed by atoms with van der Waals surface area (Å²) in [6.07, 6.45) is 0. The number of rotatable bonds is 0. The first-order chi connectivity index (χ1) is 9.38. The molecule has 0 radical (unpaired) electrons. The van der Waals surface area contributed by atoms with E-state index in [1.165, 1.54) is 0 Å². The molecule has 0 fully saturated rings. The topological polar surface area (TPSA) is 69.7 Å². The van der Waals surface area contributed by atoms with Crippen LogP contribution < -0.4 is 71.9 Å². The minimum absolute atomic E-state index is 0. The van der Waals surface area contributed by atoms with Gasteiger partial charge in [-0.1, -0.05) is 0 Å². The molecule has 0 saturated heterocycles. The molecule has 0 aromatic rings. The van der Waals surface area contributed by atoms with Crippen LogP contribution >= 0.6 is 0 Å². The fourth-order valence-corrected chi connectivity index (χ4v) is 0.971. The SMILES string of the molecule is CC(O)=C=[N+](C)C.CC(O)=C=[N+](C)C.CC(O)=C=[N+](C)C.[I-].[I-].[I-]. The molecular formula is C15H30I3N3O3. The fourth-order valence-electron chi connectivity index (χ4n) is 0.971. The largest absolute Gasteiger partial charge is 1.00 e. The van der Waals surface area contributed by atoms with Gasteiger partial charge >= 0.3 is 0 Å². The van der Waals surface area contributed by atoms with Gasteiger partial charge in [0, 0.05) is 20.8 Å². The van der Waals surface area contributed by atoms with Crippen molar-refractivity contribution < 1.29 is 101 Å². The highest BCUT2D eigenvalue weighted by Crippen LogP contribution is 1.69.